The van der Waals surface area contributed by atoms with Crippen LogP contribution in [0, 0.1) is 17.6 Å². The molecular weight excluding hydrogens is 196 g/mol. The zero-order valence-electron chi connectivity index (χ0n) is 8.76. The van der Waals surface area contributed by atoms with Crippen LogP contribution in [0.1, 0.15) is 18.4 Å². The zero-order valence-corrected chi connectivity index (χ0v) is 8.76. The van der Waals surface area contributed by atoms with Crippen molar-refractivity contribution in [1.29, 1.82) is 0 Å². The Morgan fingerprint density at radius 1 is 1.33 bits per heavy atom. The topological polar surface area (TPSA) is 12.0 Å². The van der Waals surface area contributed by atoms with Gasteiger partial charge >= 0.3 is 0 Å². The van der Waals surface area contributed by atoms with Gasteiger partial charge in [0.2, 0.25) is 0 Å². The zero-order chi connectivity index (χ0) is 10.8. The number of nitrogens with one attached hydrogen (secondary N) is 1. The molecule has 0 heterocycles. The number of hydrogen-bond acceptors (Lipinski definition) is 1. The number of benzene rings is 1. The third-order valence-electron chi connectivity index (χ3n) is 3.00. The van der Waals surface area contributed by atoms with E-state index in [1.807, 2.05) is 7.05 Å². The van der Waals surface area contributed by atoms with Gasteiger partial charge in [-0.15, -0.1) is 0 Å². The third kappa shape index (κ3) is 2.53. The molecule has 1 aromatic rings. The van der Waals surface area contributed by atoms with Crippen LogP contribution < -0.4 is 5.32 Å². The van der Waals surface area contributed by atoms with Crippen molar-refractivity contribution in [3.63, 3.8) is 0 Å². The molecule has 0 amide bonds. The predicted octanol–water partition coefficient (Wildman–Crippen LogP) is 2.51. The Hall–Kier alpha value is -0.960. The lowest BCUT2D eigenvalue weighted by molar-refractivity contribution is 0.488. The van der Waals surface area contributed by atoms with Crippen LogP contribution in [0.2, 0.25) is 0 Å². The Morgan fingerprint density at radius 2 is 2.07 bits per heavy atom. The molecule has 1 aromatic carbocycles. The fourth-order valence-electron chi connectivity index (χ4n) is 1.92. The molecule has 0 saturated heterocycles. The van der Waals surface area contributed by atoms with E-state index >= 15 is 0 Å². The third-order valence-corrected chi connectivity index (χ3v) is 3.00. The van der Waals surface area contributed by atoms with E-state index in [1.54, 1.807) is 6.07 Å². The molecule has 0 aromatic heterocycles. The van der Waals surface area contributed by atoms with Crippen LogP contribution in [0.5, 0.6) is 0 Å². The highest BCUT2D eigenvalue weighted by molar-refractivity contribution is 5.19. The molecule has 1 atom stereocenters. The molecule has 1 fully saturated rings. The fourth-order valence-corrected chi connectivity index (χ4v) is 1.92. The van der Waals surface area contributed by atoms with Gasteiger partial charge in [0, 0.05) is 6.04 Å². The molecule has 15 heavy (non-hydrogen) atoms. The van der Waals surface area contributed by atoms with Crippen LogP contribution in [0.25, 0.3) is 0 Å². The highest BCUT2D eigenvalue weighted by Crippen LogP contribution is 2.33. The largest absolute Gasteiger partial charge is 0.316 e. The van der Waals surface area contributed by atoms with Crippen LogP contribution in [-0.4, -0.2) is 13.1 Å². The van der Waals surface area contributed by atoms with Crippen LogP contribution >= 0.6 is 0 Å². The van der Waals surface area contributed by atoms with Crippen molar-refractivity contribution < 1.29 is 8.78 Å². The highest BCUT2D eigenvalue weighted by Gasteiger charge is 2.30. The second kappa shape index (κ2) is 4.27. The lowest BCUT2D eigenvalue weighted by atomic mass is 10.0. The summed E-state index contributed by atoms with van der Waals surface area (Å²) in [4.78, 5) is 0. The first-order chi connectivity index (χ1) is 7.20. The molecule has 1 unspecified atom stereocenters. The summed E-state index contributed by atoms with van der Waals surface area (Å²) < 4.78 is 25.7. The monoisotopic (exact) mass is 211 g/mol. The first-order valence-electron chi connectivity index (χ1n) is 5.32. The van der Waals surface area contributed by atoms with Crippen molar-refractivity contribution in [2.45, 2.75) is 25.3 Å². The lowest BCUT2D eigenvalue weighted by Gasteiger charge is -2.15. The standard InChI is InChI=1S/C12H15F2N/c1-15-12(9-3-4-9)7-8-2-5-10(13)11(14)6-8/h2,5-6,9,12,15H,3-4,7H2,1H3. The Balaban J connectivity index is 2.05. The van der Waals surface area contributed by atoms with Gasteiger partial charge in [-0.1, -0.05) is 6.07 Å². The van der Waals surface area contributed by atoms with Gasteiger partial charge in [0.05, 0.1) is 0 Å². The second-order valence-electron chi connectivity index (χ2n) is 4.19. The van der Waals surface area contributed by atoms with Crippen molar-refractivity contribution in [3.05, 3.63) is 35.4 Å². The first-order valence-corrected chi connectivity index (χ1v) is 5.32. The first kappa shape index (κ1) is 10.6. The van der Waals surface area contributed by atoms with Gasteiger partial charge in [-0.25, -0.2) is 8.78 Å². The summed E-state index contributed by atoms with van der Waals surface area (Å²) in [6, 6.07) is 4.55. The Kier molecular flexibility index (Phi) is 3.00. The van der Waals surface area contributed by atoms with Crippen molar-refractivity contribution in [3.8, 4) is 0 Å². The quantitative estimate of drug-likeness (QED) is 0.806. The fraction of sp³-hybridized carbons (Fsp3) is 0.500. The maximum Gasteiger partial charge on any atom is 0.159 e. The molecule has 1 aliphatic carbocycles. The summed E-state index contributed by atoms with van der Waals surface area (Å²) in [5, 5.41) is 3.23. The summed E-state index contributed by atoms with van der Waals surface area (Å²) >= 11 is 0. The normalized spacial score (nSPS) is 17.8. The van der Waals surface area contributed by atoms with Crippen LogP contribution in [-0.2, 0) is 6.42 Å². The van der Waals surface area contributed by atoms with Crippen LogP contribution in [0.4, 0.5) is 8.78 Å². The van der Waals surface area contributed by atoms with Gasteiger partial charge in [-0.3, -0.25) is 0 Å². The van der Waals surface area contributed by atoms with Gasteiger partial charge in [-0.2, -0.15) is 0 Å². The average molecular weight is 211 g/mol. The number of rotatable bonds is 4. The second-order valence-corrected chi connectivity index (χ2v) is 4.19. The minimum absolute atomic E-state index is 0.398. The van der Waals surface area contributed by atoms with Crippen LogP contribution in [0.15, 0.2) is 18.2 Å². The van der Waals surface area contributed by atoms with E-state index in [4.69, 9.17) is 0 Å². The van der Waals surface area contributed by atoms with E-state index in [0.29, 0.717) is 12.0 Å². The highest BCUT2D eigenvalue weighted by atomic mass is 19.2. The summed E-state index contributed by atoms with van der Waals surface area (Å²) in [5.41, 5.74) is 0.861. The summed E-state index contributed by atoms with van der Waals surface area (Å²) in [6.45, 7) is 0. The summed E-state index contributed by atoms with van der Waals surface area (Å²) in [5.74, 6) is -0.813. The molecular formula is C12H15F2N. The van der Waals surface area contributed by atoms with Crippen molar-refractivity contribution >= 4 is 0 Å². The number of hydrogen-bond donors (Lipinski definition) is 1. The molecule has 1 aliphatic rings. The van der Waals surface area contributed by atoms with E-state index in [1.165, 1.54) is 25.0 Å². The van der Waals surface area contributed by atoms with Gasteiger partial charge < -0.3 is 5.32 Å². The van der Waals surface area contributed by atoms with Crippen LogP contribution in [0.3, 0.4) is 0 Å². The summed E-state index contributed by atoms with van der Waals surface area (Å²) in [6.07, 6.45) is 3.27. The number of likely N-dealkylation sites (N-methyl/N-ethyl adjacent to an activating group) is 1. The van der Waals surface area contributed by atoms with E-state index in [9.17, 15) is 8.78 Å². The van der Waals surface area contributed by atoms with E-state index in [2.05, 4.69) is 5.32 Å². The molecule has 1 saturated carbocycles. The van der Waals surface area contributed by atoms with Gasteiger partial charge in [-0.05, 0) is 49.9 Å². The van der Waals surface area contributed by atoms with Gasteiger partial charge in [0.25, 0.3) is 0 Å². The average Bonchev–Trinajstić information content (AvgIpc) is 3.03. The van der Waals surface area contributed by atoms with Crippen molar-refractivity contribution in [2.24, 2.45) is 5.92 Å². The molecule has 0 radical (unpaired) electrons. The molecule has 0 spiro atoms. The van der Waals surface area contributed by atoms with E-state index in [-0.39, 0.29) is 0 Å². The molecule has 0 aliphatic heterocycles. The number of halogens is 2. The van der Waals surface area contributed by atoms with E-state index < -0.39 is 11.6 Å². The maximum atomic E-state index is 13.0. The smallest absolute Gasteiger partial charge is 0.159 e. The lowest BCUT2D eigenvalue weighted by Crippen LogP contribution is -2.29. The predicted molar refractivity (Wildman–Crippen MR) is 55.6 cm³/mol. The minimum Gasteiger partial charge on any atom is -0.316 e. The Bertz CT molecular complexity index is 347. The molecule has 2 rings (SSSR count). The molecule has 0 bridgehead atoms. The van der Waals surface area contributed by atoms with Crippen molar-refractivity contribution in [1.82, 2.24) is 5.32 Å². The Labute approximate surface area is 88.5 Å². The molecule has 1 nitrogen and oxygen atoms in total. The summed E-state index contributed by atoms with van der Waals surface area (Å²) in [7, 11) is 1.92. The van der Waals surface area contributed by atoms with Gasteiger partial charge in [0.15, 0.2) is 11.6 Å². The molecule has 3 heteroatoms. The van der Waals surface area contributed by atoms with Gasteiger partial charge in [0.1, 0.15) is 0 Å². The van der Waals surface area contributed by atoms with Crippen molar-refractivity contribution in [2.75, 3.05) is 7.05 Å². The Morgan fingerprint density at radius 3 is 2.60 bits per heavy atom. The van der Waals surface area contributed by atoms with E-state index in [0.717, 1.165) is 12.0 Å². The molecule has 1 N–H and O–H groups in total. The SMILES string of the molecule is CNC(Cc1ccc(F)c(F)c1)C1CC1. The minimum atomic E-state index is -0.772. The maximum absolute atomic E-state index is 13.0. The molecule has 82 valence electrons.